The van der Waals surface area contributed by atoms with Gasteiger partial charge in [-0.2, -0.15) is 0 Å². The molecule has 2 N–H and O–H groups in total. The van der Waals surface area contributed by atoms with Crippen molar-refractivity contribution in [3.8, 4) is 0 Å². The molecule has 9 nitrogen and oxygen atoms in total. The van der Waals surface area contributed by atoms with Crippen LogP contribution < -0.4 is 10.2 Å². The average molecular weight is 572 g/mol. The number of rotatable bonds is 16. The summed E-state index contributed by atoms with van der Waals surface area (Å²) < 4.78 is 0. The van der Waals surface area contributed by atoms with Gasteiger partial charge in [-0.05, 0) is 43.9 Å². The maximum atomic E-state index is 12.0. The van der Waals surface area contributed by atoms with Gasteiger partial charge in [0.2, 0.25) is 11.8 Å². The molecule has 0 bridgehead atoms. The molecule has 1 heterocycles. The minimum atomic E-state index is -0.348. The highest BCUT2D eigenvalue weighted by atomic mass is 35.5. The van der Waals surface area contributed by atoms with Crippen molar-refractivity contribution in [2.75, 3.05) is 56.1 Å². The predicted molar refractivity (Wildman–Crippen MR) is 151 cm³/mol. The smallest absolute Gasteiger partial charge is 0.253 e. The first-order chi connectivity index (χ1) is 18.3. The molecule has 1 aromatic rings. The molecule has 0 atom stereocenters. The minimum absolute atomic E-state index is 0.0198. The molecule has 4 amide bonds. The van der Waals surface area contributed by atoms with Gasteiger partial charge < -0.3 is 20.2 Å². The molecule has 0 aromatic heterocycles. The largest absolute Gasteiger partial charge is 0.376 e. The summed E-state index contributed by atoms with van der Waals surface area (Å²) in [6.45, 7) is 6.47. The molecule has 2 rings (SSSR count). The van der Waals surface area contributed by atoms with Crippen LogP contribution >= 0.6 is 23.2 Å². The summed E-state index contributed by atoms with van der Waals surface area (Å²) in [5.41, 5.74) is 2.32. The fraction of sp³-hybridized carbons (Fsp3) is 0.556. The van der Waals surface area contributed by atoms with E-state index >= 15 is 0 Å². The van der Waals surface area contributed by atoms with E-state index in [0.29, 0.717) is 31.3 Å². The number of amides is 4. The van der Waals surface area contributed by atoms with Crippen LogP contribution in [0.15, 0.2) is 36.4 Å². The Morgan fingerprint density at radius 3 is 2.05 bits per heavy atom. The molecule has 1 aliphatic heterocycles. The van der Waals surface area contributed by atoms with Gasteiger partial charge in [-0.3, -0.25) is 24.1 Å². The number of imide groups is 1. The third kappa shape index (κ3) is 12.3. The maximum absolute atomic E-state index is 12.0. The number of aryl methyl sites for hydroxylation is 1. The summed E-state index contributed by atoms with van der Waals surface area (Å²) in [7, 11) is 0. The van der Waals surface area contributed by atoms with Gasteiger partial charge in [-0.25, -0.2) is 0 Å². The Labute approximate surface area is 235 Å². The Kier molecular flexibility index (Phi) is 17.1. The fourth-order valence-electron chi connectivity index (χ4n) is 3.74. The van der Waals surface area contributed by atoms with Crippen molar-refractivity contribution in [3.05, 3.63) is 42.0 Å². The summed E-state index contributed by atoms with van der Waals surface area (Å²) in [5.74, 6) is 0.310. The molecule has 0 saturated carbocycles. The lowest BCUT2D eigenvalue weighted by Crippen LogP contribution is -2.34. The number of benzene rings is 1. The predicted octanol–water partition coefficient (Wildman–Crippen LogP) is 2.92. The third-order valence-corrected chi connectivity index (χ3v) is 6.06. The molecule has 38 heavy (non-hydrogen) atoms. The molecule has 0 unspecified atom stereocenters. The van der Waals surface area contributed by atoms with Gasteiger partial charge in [0.25, 0.3) is 11.8 Å². The Morgan fingerprint density at radius 2 is 1.55 bits per heavy atom. The second-order valence-corrected chi connectivity index (χ2v) is 9.30. The Morgan fingerprint density at radius 1 is 0.947 bits per heavy atom. The lowest BCUT2D eigenvalue weighted by Gasteiger charge is -2.23. The SMILES string of the molecule is CCCN(CO)C(=O)CCCc1ccc(N(CCCl)CCCl)cc1.CCNC(=O)CCN1C(=O)C=CC1=O. The van der Waals surface area contributed by atoms with Gasteiger partial charge in [0.15, 0.2) is 0 Å². The Balaban J connectivity index is 0.000000437. The number of alkyl halides is 2. The molecule has 1 aliphatic rings. The minimum Gasteiger partial charge on any atom is -0.376 e. The zero-order valence-corrected chi connectivity index (χ0v) is 23.8. The lowest BCUT2D eigenvalue weighted by molar-refractivity contribution is -0.137. The molecule has 0 saturated heterocycles. The van der Waals surface area contributed by atoms with E-state index in [1.165, 1.54) is 22.6 Å². The number of nitrogens with zero attached hydrogens (tertiary/aromatic N) is 3. The number of carbonyl (C=O) groups excluding carboxylic acids is 4. The van der Waals surface area contributed by atoms with Gasteiger partial charge in [0, 0.05) is 75.2 Å². The maximum Gasteiger partial charge on any atom is 0.253 e. The van der Waals surface area contributed by atoms with Crippen LogP contribution in [-0.4, -0.2) is 89.7 Å². The first kappa shape index (κ1) is 33.4. The number of nitrogens with one attached hydrogen (secondary N) is 1. The van der Waals surface area contributed by atoms with E-state index in [1.54, 1.807) is 0 Å². The van der Waals surface area contributed by atoms with Gasteiger partial charge in [0.1, 0.15) is 6.73 Å². The number of aliphatic hydroxyl groups is 1. The Bertz CT molecular complexity index is 887. The van der Waals surface area contributed by atoms with E-state index in [9.17, 15) is 24.3 Å². The van der Waals surface area contributed by atoms with Crippen LogP contribution in [0.25, 0.3) is 0 Å². The first-order valence-corrected chi connectivity index (χ1v) is 14.0. The summed E-state index contributed by atoms with van der Waals surface area (Å²) >= 11 is 11.7. The van der Waals surface area contributed by atoms with E-state index < -0.39 is 0 Å². The average Bonchev–Trinajstić information content (AvgIpc) is 3.23. The fourth-order valence-corrected chi connectivity index (χ4v) is 4.15. The molecule has 11 heteroatoms. The summed E-state index contributed by atoms with van der Waals surface area (Å²) in [6.07, 6.45) is 5.53. The topological polar surface area (TPSA) is 110 Å². The van der Waals surface area contributed by atoms with E-state index in [0.717, 1.165) is 42.9 Å². The van der Waals surface area contributed by atoms with Crippen LogP contribution in [0, 0.1) is 0 Å². The first-order valence-electron chi connectivity index (χ1n) is 13.0. The monoisotopic (exact) mass is 570 g/mol. The number of hydrogen-bond donors (Lipinski definition) is 2. The summed E-state index contributed by atoms with van der Waals surface area (Å²) in [4.78, 5) is 49.8. The quantitative estimate of drug-likeness (QED) is 0.179. The standard InChI is InChI=1S/C18H28Cl2N2O2.C9H12N2O3/c1-2-12-22(15-23)18(24)5-3-4-16-6-8-17(9-7-16)21(13-10-19)14-11-20;1-2-10-7(12)5-6-11-8(13)3-4-9(11)14/h6-9,23H,2-5,10-15H2,1H3;3-4H,2,5-6H2,1H3,(H,10,12). The zero-order valence-electron chi connectivity index (χ0n) is 22.3. The zero-order chi connectivity index (χ0) is 28.3. The molecule has 1 aromatic carbocycles. The van der Waals surface area contributed by atoms with Gasteiger partial charge in [0.05, 0.1) is 0 Å². The van der Waals surface area contributed by atoms with Crippen LogP contribution in [0.1, 0.15) is 45.1 Å². The second-order valence-electron chi connectivity index (χ2n) is 8.55. The van der Waals surface area contributed by atoms with Crippen molar-refractivity contribution >= 4 is 52.5 Å². The molecule has 212 valence electrons. The summed E-state index contributed by atoms with van der Waals surface area (Å²) in [5, 5.41) is 11.8. The van der Waals surface area contributed by atoms with Crippen LogP contribution in [0.5, 0.6) is 0 Å². The lowest BCUT2D eigenvalue weighted by atomic mass is 10.1. The molecule has 0 aliphatic carbocycles. The highest BCUT2D eigenvalue weighted by molar-refractivity contribution is 6.18. The van der Waals surface area contributed by atoms with Crippen LogP contribution in [0.4, 0.5) is 5.69 Å². The summed E-state index contributed by atoms with van der Waals surface area (Å²) in [6, 6.07) is 8.33. The third-order valence-electron chi connectivity index (χ3n) is 5.72. The van der Waals surface area contributed by atoms with E-state index in [-0.39, 0.29) is 43.3 Å². The molecule has 0 spiro atoms. The number of aliphatic hydroxyl groups excluding tert-OH is 1. The highest BCUT2D eigenvalue weighted by Crippen LogP contribution is 2.17. The van der Waals surface area contributed by atoms with Crippen LogP contribution in [-0.2, 0) is 25.6 Å². The number of hydrogen-bond acceptors (Lipinski definition) is 6. The molecular weight excluding hydrogens is 531 g/mol. The van der Waals surface area contributed by atoms with Gasteiger partial charge in [-0.15, -0.1) is 23.2 Å². The van der Waals surface area contributed by atoms with Crippen molar-refractivity contribution in [2.24, 2.45) is 0 Å². The van der Waals surface area contributed by atoms with E-state index in [4.69, 9.17) is 23.2 Å². The molecule has 0 radical (unpaired) electrons. The normalized spacial score (nSPS) is 12.3. The molecule has 0 fully saturated rings. The van der Waals surface area contributed by atoms with Crippen LogP contribution in [0.3, 0.4) is 0 Å². The van der Waals surface area contributed by atoms with Crippen molar-refractivity contribution in [1.82, 2.24) is 15.1 Å². The number of carbonyl (C=O) groups is 4. The van der Waals surface area contributed by atoms with Crippen molar-refractivity contribution in [3.63, 3.8) is 0 Å². The number of anilines is 1. The van der Waals surface area contributed by atoms with Crippen LogP contribution in [0.2, 0.25) is 0 Å². The van der Waals surface area contributed by atoms with E-state index in [2.05, 4.69) is 34.5 Å². The van der Waals surface area contributed by atoms with Crippen molar-refractivity contribution in [1.29, 1.82) is 0 Å². The van der Waals surface area contributed by atoms with E-state index in [1.807, 2.05) is 13.8 Å². The Hall–Kier alpha value is -2.62. The molecular formula is C27H40Cl2N4O5. The second kappa shape index (κ2) is 19.4. The van der Waals surface area contributed by atoms with Crippen molar-refractivity contribution < 1.29 is 24.3 Å². The van der Waals surface area contributed by atoms with Gasteiger partial charge >= 0.3 is 0 Å². The highest BCUT2D eigenvalue weighted by Gasteiger charge is 2.23. The number of halogens is 2. The van der Waals surface area contributed by atoms with Gasteiger partial charge in [-0.1, -0.05) is 19.1 Å². The van der Waals surface area contributed by atoms with Crippen molar-refractivity contribution in [2.45, 2.75) is 46.0 Å².